The summed E-state index contributed by atoms with van der Waals surface area (Å²) < 4.78 is 0. The van der Waals surface area contributed by atoms with Gasteiger partial charge in [0.25, 0.3) is 0 Å². The molecule has 2 aromatic rings. The van der Waals surface area contributed by atoms with Gasteiger partial charge in [-0.1, -0.05) is 60.7 Å². The highest BCUT2D eigenvalue weighted by molar-refractivity contribution is 5.33. The summed E-state index contributed by atoms with van der Waals surface area (Å²) in [6, 6.07) is 19.8. The van der Waals surface area contributed by atoms with Crippen LogP contribution in [-0.4, -0.2) is 10.2 Å². The van der Waals surface area contributed by atoms with Gasteiger partial charge in [-0.05, 0) is 42.2 Å². The fraction of sp³-hybridized carbons (Fsp3) is 0.368. The molecule has 0 radical (unpaired) electrons. The topological polar surface area (TPSA) is 40.5 Å². The van der Waals surface area contributed by atoms with Crippen molar-refractivity contribution in [1.29, 1.82) is 0 Å². The summed E-state index contributed by atoms with van der Waals surface area (Å²) >= 11 is 0. The molecular formula is C19H20O2. The van der Waals surface area contributed by atoms with Gasteiger partial charge in [-0.2, -0.15) is 0 Å². The molecule has 21 heavy (non-hydrogen) atoms. The lowest BCUT2D eigenvalue weighted by Gasteiger charge is -2.13. The third-order valence-corrected chi connectivity index (χ3v) is 5.26. The van der Waals surface area contributed by atoms with Crippen molar-refractivity contribution < 1.29 is 10.2 Å². The molecule has 2 heteroatoms. The first-order chi connectivity index (χ1) is 10.1. The summed E-state index contributed by atoms with van der Waals surface area (Å²) in [7, 11) is 0. The Morgan fingerprint density at radius 3 is 1.48 bits per heavy atom. The van der Waals surface area contributed by atoms with Gasteiger partial charge in [0.05, 0.1) is 11.2 Å². The molecule has 2 aromatic carbocycles. The SMILES string of the molecule is OC1(c2ccccc2)CC1CC1CC1(O)c1ccccc1. The first kappa shape index (κ1) is 13.1. The second kappa shape index (κ2) is 4.43. The van der Waals surface area contributed by atoms with E-state index in [0.29, 0.717) is 0 Å². The van der Waals surface area contributed by atoms with Crippen LogP contribution in [0.2, 0.25) is 0 Å². The predicted octanol–water partition coefficient (Wildman–Crippen LogP) is 3.19. The van der Waals surface area contributed by atoms with Crippen LogP contribution in [0.4, 0.5) is 0 Å². The summed E-state index contributed by atoms with van der Waals surface area (Å²) in [6.07, 6.45) is 2.54. The summed E-state index contributed by atoms with van der Waals surface area (Å²) in [5.41, 5.74) is 0.695. The summed E-state index contributed by atoms with van der Waals surface area (Å²) in [5, 5.41) is 21.4. The molecule has 4 atom stereocenters. The van der Waals surface area contributed by atoms with E-state index in [1.54, 1.807) is 0 Å². The van der Waals surface area contributed by atoms with E-state index in [-0.39, 0.29) is 11.8 Å². The zero-order valence-electron chi connectivity index (χ0n) is 11.9. The molecular weight excluding hydrogens is 260 g/mol. The highest BCUT2D eigenvalue weighted by Gasteiger charge is 2.61. The number of benzene rings is 2. The van der Waals surface area contributed by atoms with E-state index >= 15 is 0 Å². The minimum Gasteiger partial charge on any atom is -0.385 e. The number of hydrogen-bond donors (Lipinski definition) is 2. The van der Waals surface area contributed by atoms with Crippen molar-refractivity contribution in [3.8, 4) is 0 Å². The van der Waals surface area contributed by atoms with E-state index in [0.717, 1.165) is 30.4 Å². The lowest BCUT2D eigenvalue weighted by Crippen LogP contribution is -2.12. The predicted molar refractivity (Wildman–Crippen MR) is 81.5 cm³/mol. The van der Waals surface area contributed by atoms with Crippen LogP contribution in [0.1, 0.15) is 30.4 Å². The van der Waals surface area contributed by atoms with Crippen molar-refractivity contribution in [2.75, 3.05) is 0 Å². The van der Waals surface area contributed by atoms with E-state index < -0.39 is 11.2 Å². The van der Waals surface area contributed by atoms with Gasteiger partial charge < -0.3 is 10.2 Å². The van der Waals surface area contributed by atoms with E-state index in [9.17, 15) is 10.2 Å². The maximum absolute atomic E-state index is 10.7. The van der Waals surface area contributed by atoms with Crippen LogP contribution < -0.4 is 0 Å². The van der Waals surface area contributed by atoms with E-state index in [1.165, 1.54) is 0 Å². The van der Waals surface area contributed by atoms with Crippen molar-refractivity contribution in [1.82, 2.24) is 0 Å². The highest BCUT2D eigenvalue weighted by Crippen LogP contribution is 2.62. The minimum absolute atomic E-state index is 0.280. The Balaban J connectivity index is 1.44. The fourth-order valence-electron chi connectivity index (χ4n) is 3.69. The van der Waals surface area contributed by atoms with Crippen molar-refractivity contribution in [3.05, 3.63) is 71.8 Å². The first-order valence-electron chi connectivity index (χ1n) is 7.69. The van der Waals surface area contributed by atoms with Crippen LogP contribution >= 0.6 is 0 Å². The molecule has 2 saturated carbocycles. The molecule has 2 nitrogen and oxygen atoms in total. The van der Waals surface area contributed by atoms with Gasteiger partial charge in [-0.15, -0.1) is 0 Å². The van der Waals surface area contributed by atoms with Gasteiger partial charge in [-0.3, -0.25) is 0 Å². The lowest BCUT2D eigenvalue weighted by molar-refractivity contribution is 0.109. The van der Waals surface area contributed by atoms with Gasteiger partial charge in [0.15, 0.2) is 0 Å². The Labute approximate surface area is 125 Å². The molecule has 0 spiro atoms. The molecule has 0 saturated heterocycles. The Kier molecular flexibility index (Phi) is 2.75. The number of rotatable bonds is 4. The van der Waals surface area contributed by atoms with Crippen molar-refractivity contribution >= 4 is 0 Å². The fourth-order valence-corrected chi connectivity index (χ4v) is 3.69. The Hall–Kier alpha value is -1.64. The Morgan fingerprint density at radius 2 is 1.10 bits per heavy atom. The van der Waals surface area contributed by atoms with Gasteiger partial charge in [0.1, 0.15) is 0 Å². The smallest absolute Gasteiger partial charge is 0.0929 e. The van der Waals surface area contributed by atoms with Crippen LogP contribution in [-0.2, 0) is 11.2 Å². The zero-order valence-corrected chi connectivity index (χ0v) is 11.9. The van der Waals surface area contributed by atoms with Crippen molar-refractivity contribution in [2.24, 2.45) is 11.8 Å². The molecule has 0 aliphatic heterocycles. The zero-order chi connectivity index (χ0) is 14.5. The molecule has 4 unspecified atom stereocenters. The minimum atomic E-state index is -0.665. The van der Waals surface area contributed by atoms with Gasteiger partial charge in [-0.25, -0.2) is 0 Å². The molecule has 2 N–H and O–H groups in total. The summed E-state index contributed by atoms with van der Waals surface area (Å²) in [5.74, 6) is 0.560. The molecule has 0 bridgehead atoms. The summed E-state index contributed by atoms with van der Waals surface area (Å²) in [4.78, 5) is 0. The second-order valence-corrected chi connectivity index (χ2v) is 6.62. The molecule has 2 fully saturated rings. The third-order valence-electron chi connectivity index (χ3n) is 5.26. The molecule has 0 aromatic heterocycles. The lowest BCUT2D eigenvalue weighted by atomic mass is 10.00. The van der Waals surface area contributed by atoms with Gasteiger partial charge in [0.2, 0.25) is 0 Å². The molecule has 2 aliphatic carbocycles. The van der Waals surface area contributed by atoms with Crippen LogP contribution in [0.5, 0.6) is 0 Å². The van der Waals surface area contributed by atoms with Crippen molar-refractivity contribution in [2.45, 2.75) is 30.5 Å². The van der Waals surface area contributed by atoms with Crippen LogP contribution in [0, 0.1) is 11.8 Å². The second-order valence-electron chi connectivity index (χ2n) is 6.62. The normalized spacial score (nSPS) is 37.2. The largest absolute Gasteiger partial charge is 0.385 e. The Bertz CT molecular complexity index is 582. The average molecular weight is 280 g/mol. The number of hydrogen-bond acceptors (Lipinski definition) is 2. The van der Waals surface area contributed by atoms with Crippen LogP contribution in [0.3, 0.4) is 0 Å². The third kappa shape index (κ3) is 2.10. The molecule has 0 amide bonds. The highest BCUT2D eigenvalue weighted by atomic mass is 16.3. The first-order valence-corrected chi connectivity index (χ1v) is 7.69. The van der Waals surface area contributed by atoms with E-state index in [2.05, 4.69) is 0 Å². The van der Waals surface area contributed by atoms with Gasteiger partial charge >= 0.3 is 0 Å². The quantitative estimate of drug-likeness (QED) is 0.903. The van der Waals surface area contributed by atoms with Gasteiger partial charge in [0, 0.05) is 0 Å². The molecule has 4 rings (SSSR count). The van der Waals surface area contributed by atoms with Crippen molar-refractivity contribution in [3.63, 3.8) is 0 Å². The van der Waals surface area contributed by atoms with E-state index in [4.69, 9.17) is 0 Å². The van der Waals surface area contributed by atoms with Crippen LogP contribution in [0.15, 0.2) is 60.7 Å². The average Bonchev–Trinajstić information content (AvgIpc) is 3.39. The monoisotopic (exact) mass is 280 g/mol. The molecule has 0 heterocycles. The maximum atomic E-state index is 10.7. The molecule has 108 valence electrons. The maximum Gasteiger partial charge on any atom is 0.0929 e. The van der Waals surface area contributed by atoms with Crippen LogP contribution in [0.25, 0.3) is 0 Å². The standard InChI is InChI=1S/C19H20O2/c20-18(14-7-3-1-4-8-14)12-16(18)11-17-13-19(17,21)15-9-5-2-6-10-15/h1-10,16-17,20-21H,11-13H2. The molecule has 2 aliphatic rings. The number of aliphatic hydroxyl groups is 2. The summed E-state index contributed by atoms with van der Waals surface area (Å²) in [6.45, 7) is 0. The van der Waals surface area contributed by atoms with E-state index in [1.807, 2.05) is 60.7 Å². The Morgan fingerprint density at radius 1 is 0.714 bits per heavy atom.